The zero-order valence-corrected chi connectivity index (χ0v) is 25.4. The monoisotopic (exact) mass is 643 g/mol. The van der Waals surface area contributed by atoms with E-state index in [1.807, 2.05) is 0 Å². The van der Waals surface area contributed by atoms with Crippen LogP contribution in [0.25, 0.3) is 55.8 Å². The second kappa shape index (κ2) is 11.0. The van der Waals surface area contributed by atoms with E-state index in [2.05, 4.69) is 15.4 Å². The Morgan fingerprint density at radius 2 is 1.85 bits per heavy atom. The summed E-state index contributed by atoms with van der Waals surface area (Å²) in [5.74, 6) is -1.37. The van der Waals surface area contributed by atoms with Gasteiger partial charge in [0.1, 0.15) is 34.8 Å². The zero-order valence-electron chi connectivity index (χ0n) is 24.6. The smallest absolute Gasteiger partial charge is 0.255 e. The first-order chi connectivity index (χ1) is 22.1. The summed E-state index contributed by atoms with van der Waals surface area (Å²) in [5, 5.41) is 16.8. The molecule has 3 aromatic carbocycles. The largest absolute Gasteiger partial charge is 0.455 e. The molecule has 1 aliphatic heterocycles. The number of aliphatic hydroxyl groups excluding tert-OH is 1. The third-order valence-electron chi connectivity index (χ3n) is 8.08. The van der Waals surface area contributed by atoms with E-state index in [1.165, 1.54) is 50.4 Å². The van der Waals surface area contributed by atoms with Crippen LogP contribution in [0.5, 0.6) is 0 Å². The average Bonchev–Trinajstić information content (AvgIpc) is 3.63. The second-order valence-corrected chi connectivity index (χ2v) is 12.8. The maximum Gasteiger partial charge on any atom is 0.255 e. The van der Waals surface area contributed by atoms with Gasteiger partial charge in [-0.25, -0.2) is 22.2 Å². The van der Waals surface area contributed by atoms with Gasteiger partial charge in [0, 0.05) is 35.0 Å². The minimum atomic E-state index is -3.78. The molecule has 13 heteroatoms. The lowest BCUT2D eigenvalue weighted by molar-refractivity contribution is 0.0964. The van der Waals surface area contributed by atoms with E-state index in [0.29, 0.717) is 50.2 Å². The molecular formula is C33H27F2N5O5S. The van der Waals surface area contributed by atoms with Gasteiger partial charge in [-0.15, -0.1) is 0 Å². The van der Waals surface area contributed by atoms with Crippen LogP contribution in [0.4, 0.5) is 20.2 Å². The molecule has 0 spiro atoms. The number of carbonyl (C=O) groups is 1. The first-order valence-corrected chi connectivity index (χ1v) is 16.0. The number of nitrogens with zero attached hydrogens (tertiary/aromatic N) is 2. The molecule has 6 aromatic rings. The van der Waals surface area contributed by atoms with E-state index in [9.17, 15) is 27.1 Å². The van der Waals surface area contributed by atoms with Crippen LogP contribution >= 0.6 is 0 Å². The maximum atomic E-state index is 14.9. The van der Waals surface area contributed by atoms with Crippen molar-refractivity contribution >= 4 is 49.2 Å². The van der Waals surface area contributed by atoms with Crippen molar-refractivity contribution < 1.29 is 31.5 Å². The summed E-state index contributed by atoms with van der Waals surface area (Å²) >= 11 is 0. The summed E-state index contributed by atoms with van der Waals surface area (Å²) in [6.07, 6.45) is -0.580. The number of anilines is 2. The van der Waals surface area contributed by atoms with Gasteiger partial charge < -0.3 is 24.7 Å². The Morgan fingerprint density at radius 1 is 1.07 bits per heavy atom. The minimum absolute atomic E-state index is 0.160. The lowest BCUT2D eigenvalue weighted by atomic mass is 10.0. The van der Waals surface area contributed by atoms with Crippen LogP contribution < -0.4 is 15.4 Å². The van der Waals surface area contributed by atoms with Crippen LogP contribution in [0, 0.1) is 11.6 Å². The van der Waals surface area contributed by atoms with Crippen LogP contribution in [0.2, 0.25) is 0 Å². The highest BCUT2D eigenvalue weighted by Gasteiger charge is 2.29. The number of rotatable bonds is 7. The average molecular weight is 644 g/mol. The Labute approximate surface area is 261 Å². The van der Waals surface area contributed by atoms with Crippen molar-refractivity contribution in [2.45, 2.75) is 13.1 Å². The number of fused-ring (bicyclic) bond motifs is 6. The number of halogens is 2. The van der Waals surface area contributed by atoms with Crippen molar-refractivity contribution in [1.82, 2.24) is 14.9 Å². The topological polar surface area (TPSA) is 138 Å². The summed E-state index contributed by atoms with van der Waals surface area (Å²) in [7, 11) is -2.31. The predicted octanol–water partition coefficient (Wildman–Crippen LogP) is 6.10. The number of aromatic nitrogens is 2. The fourth-order valence-electron chi connectivity index (χ4n) is 5.86. The first kappa shape index (κ1) is 29.4. The van der Waals surface area contributed by atoms with Gasteiger partial charge in [-0.05, 0) is 67.6 Å². The summed E-state index contributed by atoms with van der Waals surface area (Å²) in [6, 6.07) is 18.4. The Bertz CT molecular complexity index is 2300. The number of nitrogens with one attached hydrogen (secondary N) is 3. The van der Waals surface area contributed by atoms with Gasteiger partial charge in [-0.3, -0.25) is 9.52 Å². The molecule has 0 bridgehead atoms. The van der Waals surface area contributed by atoms with Crippen LogP contribution in [-0.4, -0.2) is 48.4 Å². The molecule has 7 rings (SSSR count). The molecule has 1 atom stereocenters. The van der Waals surface area contributed by atoms with Crippen molar-refractivity contribution in [3.05, 3.63) is 90.0 Å². The highest BCUT2D eigenvalue weighted by atomic mass is 32.2. The molecule has 1 unspecified atom stereocenters. The summed E-state index contributed by atoms with van der Waals surface area (Å²) in [6.45, 7) is 1.23. The highest BCUT2D eigenvalue weighted by Crippen LogP contribution is 2.43. The second-order valence-electron chi connectivity index (χ2n) is 10.8. The molecule has 4 N–H and O–H groups in total. The fourth-order valence-corrected chi connectivity index (χ4v) is 6.51. The van der Waals surface area contributed by atoms with Crippen LogP contribution in [0.3, 0.4) is 0 Å². The van der Waals surface area contributed by atoms with Gasteiger partial charge in [0.2, 0.25) is 10.0 Å². The molecule has 1 amide bonds. The van der Waals surface area contributed by atoms with E-state index in [4.69, 9.17) is 9.40 Å². The van der Waals surface area contributed by atoms with E-state index in [-0.39, 0.29) is 35.0 Å². The fraction of sp³-hybridized carbons (Fsp3) is 0.152. The van der Waals surface area contributed by atoms with Crippen molar-refractivity contribution in [2.75, 3.05) is 29.4 Å². The van der Waals surface area contributed by atoms with Gasteiger partial charge in [-0.2, -0.15) is 0 Å². The predicted molar refractivity (Wildman–Crippen MR) is 172 cm³/mol. The molecule has 0 fully saturated rings. The molecule has 10 nitrogen and oxygen atoms in total. The number of hydrogen-bond acceptors (Lipinski definition) is 7. The van der Waals surface area contributed by atoms with Crippen molar-refractivity contribution in [3.8, 4) is 34.0 Å². The Kier molecular flexibility index (Phi) is 7.02. The summed E-state index contributed by atoms with van der Waals surface area (Å²) in [5.41, 5.74) is 3.87. The van der Waals surface area contributed by atoms with Gasteiger partial charge >= 0.3 is 0 Å². The number of hydrogen-bond donors (Lipinski definition) is 4. The summed E-state index contributed by atoms with van der Waals surface area (Å²) < 4.78 is 64.8. The zero-order chi connectivity index (χ0) is 32.3. The molecular weight excluding hydrogens is 616 g/mol. The van der Waals surface area contributed by atoms with Crippen molar-refractivity contribution in [2.24, 2.45) is 0 Å². The number of furan rings is 1. The third-order valence-corrected chi connectivity index (χ3v) is 9.38. The number of pyridine rings is 1. The van der Waals surface area contributed by atoms with Crippen LogP contribution in [0.15, 0.2) is 77.2 Å². The molecule has 4 heterocycles. The molecule has 0 aliphatic carbocycles. The number of aliphatic hydroxyl groups is 1. The number of amides is 1. The standard InChI is InChI=1S/C33H27F2N5O5S/c1-3-46(43,44)39-25-15-28-21(30(33(42)36-2)32(45-28)17-7-9-18(34)10-8-17)13-20(25)23-11-12-24-31(38-23)27-14-19-22(35)5-4-6-26(19)40(27)29(16-41)37-24/h4-15,29,37,39,41H,3,16H2,1-2H3,(H,36,42). The molecule has 1 aliphatic rings. The molecule has 0 radical (unpaired) electrons. The SMILES string of the molecule is CCS(=O)(=O)Nc1cc2oc(-c3ccc(F)cc3)c(C(=O)NC)c2cc1-c1ccc2c(n1)-c1cc3c(F)cccc3n1C(CO)N2. The van der Waals surface area contributed by atoms with Crippen LogP contribution in [0.1, 0.15) is 23.4 Å². The first-order valence-electron chi connectivity index (χ1n) is 14.4. The minimum Gasteiger partial charge on any atom is -0.455 e. The summed E-state index contributed by atoms with van der Waals surface area (Å²) in [4.78, 5) is 18.1. The van der Waals surface area contributed by atoms with Crippen molar-refractivity contribution in [3.63, 3.8) is 0 Å². The number of benzene rings is 3. The lowest BCUT2D eigenvalue weighted by Gasteiger charge is -2.29. The van der Waals surface area contributed by atoms with Gasteiger partial charge in [0.25, 0.3) is 5.91 Å². The normalized spacial score (nSPS) is 14.2. The molecule has 3 aromatic heterocycles. The molecule has 0 saturated heterocycles. The van der Waals surface area contributed by atoms with Gasteiger partial charge in [-0.1, -0.05) is 6.07 Å². The van der Waals surface area contributed by atoms with E-state index >= 15 is 0 Å². The van der Waals surface area contributed by atoms with Gasteiger partial charge in [0.15, 0.2) is 0 Å². The van der Waals surface area contributed by atoms with E-state index < -0.39 is 33.7 Å². The molecule has 0 saturated carbocycles. The lowest BCUT2D eigenvalue weighted by Crippen LogP contribution is -2.26. The molecule has 234 valence electrons. The van der Waals surface area contributed by atoms with Crippen molar-refractivity contribution in [1.29, 1.82) is 0 Å². The Hall–Kier alpha value is -5.27. The Morgan fingerprint density at radius 3 is 2.57 bits per heavy atom. The third kappa shape index (κ3) is 4.75. The van der Waals surface area contributed by atoms with Gasteiger partial charge in [0.05, 0.1) is 46.2 Å². The Balaban J connectivity index is 1.48. The van der Waals surface area contributed by atoms with E-state index in [1.54, 1.807) is 41.0 Å². The molecule has 46 heavy (non-hydrogen) atoms. The number of carbonyl (C=O) groups excluding carboxylic acids is 1. The maximum absolute atomic E-state index is 14.9. The van der Waals surface area contributed by atoms with Crippen LogP contribution in [-0.2, 0) is 10.0 Å². The highest BCUT2D eigenvalue weighted by molar-refractivity contribution is 7.92. The number of sulfonamides is 1. The van der Waals surface area contributed by atoms with E-state index in [0.717, 1.165) is 0 Å². The quantitative estimate of drug-likeness (QED) is 0.165.